The number of benzene rings is 1. The van der Waals surface area contributed by atoms with E-state index in [-0.39, 0.29) is 12.2 Å². The Balaban J connectivity index is 3.02. The molecule has 1 N–H and O–H groups in total. The first-order valence-electron chi connectivity index (χ1n) is 5.79. The van der Waals surface area contributed by atoms with Gasteiger partial charge in [0, 0.05) is 12.7 Å². The van der Waals surface area contributed by atoms with E-state index in [0.29, 0.717) is 6.29 Å². The van der Waals surface area contributed by atoms with Crippen LogP contribution in [0.5, 0.6) is 0 Å². The first-order valence-corrected chi connectivity index (χ1v) is 5.79. The number of methoxy groups -OCH3 is 1. The molecule has 0 radical (unpaired) electrons. The van der Waals surface area contributed by atoms with E-state index in [4.69, 9.17) is 9.47 Å². The molecule has 1 rings (SSSR count). The summed E-state index contributed by atoms with van der Waals surface area (Å²) in [7, 11) is 1.31. The summed E-state index contributed by atoms with van der Waals surface area (Å²) in [5.41, 5.74) is 0.162. The molecule has 2 unspecified atom stereocenters. The van der Waals surface area contributed by atoms with Crippen molar-refractivity contribution in [2.24, 2.45) is 0 Å². The molecule has 0 aliphatic carbocycles. The Kier molecular flexibility index (Phi) is 5.95. The summed E-state index contributed by atoms with van der Waals surface area (Å²) in [6.45, 7) is 1.82. The van der Waals surface area contributed by atoms with Crippen LogP contribution in [0.3, 0.4) is 0 Å². The Morgan fingerprint density at radius 3 is 2.68 bits per heavy atom. The monoisotopic (exact) mass is 269 g/mol. The van der Waals surface area contributed by atoms with Crippen molar-refractivity contribution in [3.8, 4) is 0 Å². The SMILES string of the molecule is CCOC(=O)NC(c1ccccc1F)C(C=O)OC. The highest BCUT2D eigenvalue weighted by Gasteiger charge is 2.27. The molecule has 0 fully saturated rings. The highest BCUT2D eigenvalue weighted by molar-refractivity contribution is 5.69. The Morgan fingerprint density at radius 2 is 2.16 bits per heavy atom. The van der Waals surface area contributed by atoms with Crippen molar-refractivity contribution < 1.29 is 23.5 Å². The Labute approximate surface area is 110 Å². The molecule has 0 saturated heterocycles. The van der Waals surface area contributed by atoms with Gasteiger partial charge in [0.15, 0.2) is 6.29 Å². The third-order valence-corrected chi connectivity index (χ3v) is 2.52. The maximum atomic E-state index is 13.7. The number of amides is 1. The normalized spacial score (nSPS) is 13.4. The predicted molar refractivity (Wildman–Crippen MR) is 66.2 cm³/mol. The molecule has 0 saturated carbocycles. The third kappa shape index (κ3) is 4.03. The number of alkyl carbamates (subject to hydrolysis) is 1. The van der Waals surface area contributed by atoms with Crippen LogP contribution in [-0.4, -0.2) is 32.2 Å². The zero-order valence-corrected chi connectivity index (χ0v) is 10.8. The molecule has 0 aromatic heterocycles. The topological polar surface area (TPSA) is 64.6 Å². The molecular weight excluding hydrogens is 253 g/mol. The molecular formula is C13H16FNO4. The second-order valence-electron chi connectivity index (χ2n) is 3.70. The molecule has 6 heteroatoms. The Morgan fingerprint density at radius 1 is 1.47 bits per heavy atom. The van der Waals surface area contributed by atoms with Crippen molar-refractivity contribution in [2.75, 3.05) is 13.7 Å². The maximum Gasteiger partial charge on any atom is 0.407 e. The van der Waals surface area contributed by atoms with Gasteiger partial charge in [0.2, 0.25) is 0 Å². The van der Waals surface area contributed by atoms with Crippen LogP contribution in [0.4, 0.5) is 9.18 Å². The lowest BCUT2D eigenvalue weighted by Crippen LogP contribution is -2.38. The third-order valence-electron chi connectivity index (χ3n) is 2.52. The van der Waals surface area contributed by atoms with Gasteiger partial charge in [-0.15, -0.1) is 0 Å². The summed E-state index contributed by atoms with van der Waals surface area (Å²) >= 11 is 0. The van der Waals surface area contributed by atoms with Crippen LogP contribution >= 0.6 is 0 Å². The second-order valence-corrected chi connectivity index (χ2v) is 3.70. The smallest absolute Gasteiger partial charge is 0.407 e. The van der Waals surface area contributed by atoms with Gasteiger partial charge in [-0.05, 0) is 13.0 Å². The summed E-state index contributed by atoms with van der Waals surface area (Å²) in [5.74, 6) is -0.534. The highest BCUT2D eigenvalue weighted by atomic mass is 19.1. The lowest BCUT2D eigenvalue weighted by atomic mass is 10.0. The number of nitrogens with one attached hydrogen (secondary N) is 1. The van der Waals surface area contributed by atoms with E-state index in [2.05, 4.69) is 5.32 Å². The standard InChI is InChI=1S/C13H16FNO4/c1-3-19-13(17)15-12(11(8-16)18-2)9-6-4-5-7-10(9)14/h4-8,11-12H,3H2,1-2H3,(H,15,17). The molecule has 19 heavy (non-hydrogen) atoms. The summed E-state index contributed by atoms with van der Waals surface area (Å²) in [5, 5.41) is 2.42. The van der Waals surface area contributed by atoms with Crippen molar-refractivity contribution >= 4 is 12.4 Å². The summed E-state index contributed by atoms with van der Waals surface area (Å²) in [6.07, 6.45) is -1.23. The fourth-order valence-corrected chi connectivity index (χ4v) is 1.63. The zero-order chi connectivity index (χ0) is 14.3. The number of hydrogen-bond donors (Lipinski definition) is 1. The molecule has 0 spiro atoms. The lowest BCUT2D eigenvalue weighted by Gasteiger charge is -2.23. The number of halogens is 1. The minimum atomic E-state index is -0.999. The maximum absolute atomic E-state index is 13.7. The average molecular weight is 269 g/mol. The average Bonchev–Trinajstić information content (AvgIpc) is 2.40. The van der Waals surface area contributed by atoms with Crippen LogP contribution in [0, 0.1) is 5.82 Å². The molecule has 0 aliphatic heterocycles. The number of carbonyl (C=O) groups is 2. The summed E-state index contributed by atoms with van der Waals surface area (Å²) in [6, 6.07) is 4.90. The molecule has 1 amide bonds. The number of carbonyl (C=O) groups excluding carboxylic acids is 2. The van der Waals surface area contributed by atoms with Gasteiger partial charge in [-0.25, -0.2) is 9.18 Å². The van der Waals surface area contributed by atoms with Crippen LogP contribution < -0.4 is 5.32 Å². The minimum Gasteiger partial charge on any atom is -0.450 e. The molecule has 1 aromatic rings. The van der Waals surface area contributed by atoms with E-state index in [9.17, 15) is 14.0 Å². The van der Waals surface area contributed by atoms with Gasteiger partial charge >= 0.3 is 6.09 Å². The Bertz CT molecular complexity index is 438. The fourth-order valence-electron chi connectivity index (χ4n) is 1.63. The van der Waals surface area contributed by atoms with E-state index in [1.54, 1.807) is 13.0 Å². The molecule has 0 bridgehead atoms. The van der Waals surface area contributed by atoms with Crippen molar-refractivity contribution in [1.82, 2.24) is 5.32 Å². The first kappa shape index (κ1) is 15.1. The number of aldehydes is 1. The quantitative estimate of drug-likeness (QED) is 0.800. The van der Waals surface area contributed by atoms with Gasteiger partial charge in [0.05, 0.1) is 12.6 Å². The van der Waals surface area contributed by atoms with Gasteiger partial charge in [-0.1, -0.05) is 18.2 Å². The van der Waals surface area contributed by atoms with E-state index in [1.807, 2.05) is 0 Å². The van der Waals surface area contributed by atoms with Crippen LogP contribution in [0.15, 0.2) is 24.3 Å². The molecule has 1 aromatic carbocycles. The lowest BCUT2D eigenvalue weighted by molar-refractivity contribution is -0.118. The summed E-state index contributed by atoms with van der Waals surface area (Å²) < 4.78 is 23.4. The number of hydrogen-bond acceptors (Lipinski definition) is 4. The molecule has 0 aliphatic rings. The van der Waals surface area contributed by atoms with Gasteiger partial charge in [-0.3, -0.25) is 0 Å². The zero-order valence-electron chi connectivity index (χ0n) is 10.8. The fraction of sp³-hybridized carbons (Fsp3) is 0.385. The summed E-state index contributed by atoms with van der Waals surface area (Å²) in [4.78, 5) is 22.4. The van der Waals surface area contributed by atoms with Gasteiger partial charge < -0.3 is 19.6 Å². The molecule has 104 valence electrons. The second kappa shape index (κ2) is 7.48. The van der Waals surface area contributed by atoms with Gasteiger partial charge in [0.25, 0.3) is 0 Å². The van der Waals surface area contributed by atoms with Crippen molar-refractivity contribution in [1.29, 1.82) is 0 Å². The highest BCUT2D eigenvalue weighted by Crippen LogP contribution is 2.21. The molecule has 5 nitrogen and oxygen atoms in total. The van der Waals surface area contributed by atoms with Crippen LogP contribution in [-0.2, 0) is 14.3 Å². The van der Waals surface area contributed by atoms with E-state index in [1.165, 1.54) is 25.3 Å². The number of ether oxygens (including phenoxy) is 2. The van der Waals surface area contributed by atoms with E-state index < -0.39 is 24.1 Å². The van der Waals surface area contributed by atoms with Crippen LogP contribution in [0.1, 0.15) is 18.5 Å². The molecule has 2 atom stereocenters. The van der Waals surface area contributed by atoms with Crippen molar-refractivity contribution in [3.63, 3.8) is 0 Å². The van der Waals surface area contributed by atoms with Gasteiger partial charge in [0.1, 0.15) is 11.9 Å². The largest absolute Gasteiger partial charge is 0.450 e. The van der Waals surface area contributed by atoms with Gasteiger partial charge in [-0.2, -0.15) is 0 Å². The first-order chi connectivity index (χ1) is 9.13. The van der Waals surface area contributed by atoms with E-state index >= 15 is 0 Å². The van der Waals surface area contributed by atoms with Crippen molar-refractivity contribution in [3.05, 3.63) is 35.6 Å². The minimum absolute atomic E-state index is 0.162. The van der Waals surface area contributed by atoms with E-state index in [0.717, 1.165) is 0 Å². The van der Waals surface area contributed by atoms with Crippen LogP contribution in [0.2, 0.25) is 0 Å². The number of rotatable bonds is 6. The molecule has 0 heterocycles. The Hall–Kier alpha value is -1.95. The predicted octanol–water partition coefficient (Wildman–Crippen LogP) is 1.83. The van der Waals surface area contributed by atoms with Crippen molar-refractivity contribution in [2.45, 2.75) is 19.1 Å². The van der Waals surface area contributed by atoms with Crippen LogP contribution in [0.25, 0.3) is 0 Å².